The fourth-order valence-electron chi connectivity index (χ4n) is 2.20. The first-order chi connectivity index (χ1) is 11.0. The minimum absolute atomic E-state index is 1.00. The molecule has 0 saturated carbocycles. The van der Waals surface area contributed by atoms with Crippen molar-refractivity contribution in [2.24, 2.45) is 0 Å². The molecule has 3 aromatic rings. The van der Waals surface area contributed by atoms with Gasteiger partial charge in [0.1, 0.15) is 8.07 Å². The lowest BCUT2D eigenvalue weighted by Crippen LogP contribution is -2.16. The normalized spacial score (nSPS) is 10.9. The van der Waals surface area contributed by atoms with Gasteiger partial charge in [-0.3, -0.25) is 4.98 Å². The van der Waals surface area contributed by atoms with E-state index in [2.05, 4.69) is 65.5 Å². The quantitative estimate of drug-likeness (QED) is 0.525. The molecule has 2 heterocycles. The highest BCUT2D eigenvalue weighted by atomic mass is 28.3. The summed E-state index contributed by atoms with van der Waals surface area (Å²) in [4.78, 5) is 4.06. The van der Waals surface area contributed by atoms with Gasteiger partial charge in [0, 0.05) is 23.5 Å². The minimum atomic E-state index is -1.34. The van der Waals surface area contributed by atoms with E-state index in [1.807, 2.05) is 29.1 Å². The van der Waals surface area contributed by atoms with Crippen molar-refractivity contribution >= 4 is 8.07 Å². The first kappa shape index (κ1) is 15.3. The lowest BCUT2D eigenvalue weighted by molar-refractivity contribution is 0.885. The Bertz CT molecular complexity index is 847. The molecule has 0 fully saturated rings. The van der Waals surface area contributed by atoms with Gasteiger partial charge in [0.25, 0.3) is 0 Å². The highest BCUT2D eigenvalue weighted by Crippen LogP contribution is 2.22. The van der Waals surface area contributed by atoms with Crippen LogP contribution in [0.4, 0.5) is 0 Å². The van der Waals surface area contributed by atoms with Crippen LogP contribution in [0.25, 0.3) is 16.9 Å². The maximum absolute atomic E-state index is 4.42. The smallest absolute Gasteiger partial charge is 0.129 e. The van der Waals surface area contributed by atoms with Crippen molar-refractivity contribution in [3.63, 3.8) is 0 Å². The van der Waals surface area contributed by atoms with Crippen LogP contribution in [-0.2, 0) is 0 Å². The highest BCUT2D eigenvalue weighted by molar-refractivity contribution is 6.83. The largest absolute Gasteiger partial charge is 0.265 e. The second-order valence-electron chi connectivity index (χ2n) is 6.41. The van der Waals surface area contributed by atoms with Gasteiger partial charge in [-0.05, 0) is 30.3 Å². The molecule has 0 atom stereocenters. The summed E-state index contributed by atoms with van der Waals surface area (Å²) in [6.07, 6.45) is 5.36. The molecule has 0 aliphatic carbocycles. The maximum atomic E-state index is 4.42. The number of benzene rings is 1. The third-order valence-electron chi connectivity index (χ3n) is 3.31. The Labute approximate surface area is 138 Å². The van der Waals surface area contributed by atoms with Gasteiger partial charge < -0.3 is 0 Å². The molecule has 0 spiro atoms. The molecule has 4 heteroatoms. The molecule has 2 aromatic heterocycles. The van der Waals surface area contributed by atoms with E-state index in [-0.39, 0.29) is 0 Å². The molecule has 1 aromatic carbocycles. The van der Waals surface area contributed by atoms with Crippen molar-refractivity contribution in [2.45, 2.75) is 19.6 Å². The van der Waals surface area contributed by atoms with Gasteiger partial charge in [0.2, 0.25) is 0 Å². The van der Waals surface area contributed by atoms with Crippen LogP contribution < -0.4 is 0 Å². The Hall–Kier alpha value is -2.64. The number of hydrogen-bond acceptors (Lipinski definition) is 2. The van der Waals surface area contributed by atoms with Gasteiger partial charge in [-0.1, -0.05) is 37.7 Å². The number of pyridine rings is 1. The summed E-state index contributed by atoms with van der Waals surface area (Å²) < 4.78 is 1.92. The van der Waals surface area contributed by atoms with Gasteiger partial charge in [-0.25, -0.2) is 4.68 Å². The molecular formula is C19H19N3Si. The molecule has 3 nitrogen and oxygen atoms in total. The molecule has 0 amide bonds. The molecule has 0 N–H and O–H groups in total. The minimum Gasteiger partial charge on any atom is -0.265 e. The van der Waals surface area contributed by atoms with Gasteiger partial charge >= 0.3 is 0 Å². The molecular weight excluding hydrogens is 298 g/mol. The molecule has 0 aliphatic heterocycles. The predicted molar refractivity (Wildman–Crippen MR) is 97.0 cm³/mol. The average Bonchev–Trinajstić information content (AvgIpc) is 3.03. The van der Waals surface area contributed by atoms with E-state index in [0.29, 0.717) is 0 Å². The maximum Gasteiger partial charge on any atom is 0.129 e. The first-order valence-corrected chi connectivity index (χ1v) is 11.1. The Balaban J connectivity index is 1.92. The Morgan fingerprint density at radius 2 is 1.57 bits per heavy atom. The fraction of sp³-hybridized carbons (Fsp3) is 0.158. The average molecular weight is 317 g/mol. The number of hydrogen-bond donors (Lipinski definition) is 0. The van der Waals surface area contributed by atoms with Crippen molar-refractivity contribution in [2.75, 3.05) is 0 Å². The van der Waals surface area contributed by atoms with Crippen LogP contribution in [0.2, 0.25) is 19.6 Å². The monoisotopic (exact) mass is 317 g/mol. The van der Waals surface area contributed by atoms with Gasteiger partial charge in [0.15, 0.2) is 0 Å². The molecule has 23 heavy (non-hydrogen) atoms. The number of nitrogens with zero attached hydrogens (tertiary/aromatic N) is 3. The lowest BCUT2D eigenvalue weighted by Gasteiger charge is -2.07. The van der Waals surface area contributed by atoms with Gasteiger partial charge in [-0.15, -0.1) is 5.54 Å². The Kier molecular flexibility index (Phi) is 4.13. The Morgan fingerprint density at radius 1 is 0.870 bits per heavy atom. The highest BCUT2D eigenvalue weighted by Gasteiger charge is 2.08. The third kappa shape index (κ3) is 3.76. The molecule has 0 bridgehead atoms. The van der Waals surface area contributed by atoms with E-state index < -0.39 is 8.07 Å². The Morgan fingerprint density at radius 3 is 2.22 bits per heavy atom. The van der Waals surface area contributed by atoms with Gasteiger partial charge in [-0.2, -0.15) is 5.10 Å². The van der Waals surface area contributed by atoms with Crippen molar-refractivity contribution < 1.29 is 0 Å². The lowest BCUT2D eigenvalue weighted by atomic mass is 10.1. The van der Waals surface area contributed by atoms with E-state index in [0.717, 1.165) is 22.5 Å². The van der Waals surface area contributed by atoms with E-state index in [1.165, 1.54) is 0 Å². The first-order valence-electron chi connectivity index (χ1n) is 7.61. The SMILES string of the molecule is C[Si](C)(C)C#Cc1ccc(-c2ccnn2-c2ccncc2)cc1. The summed E-state index contributed by atoms with van der Waals surface area (Å²) >= 11 is 0. The van der Waals surface area contributed by atoms with E-state index in [9.17, 15) is 0 Å². The molecule has 0 radical (unpaired) electrons. The van der Waals surface area contributed by atoms with Crippen LogP contribution in [-0.4, -0.2) is 22.8 Å². The van der Waals surface area contributed by atoms with Crippen molar-refractivity contribution in [3.05, 3.63) is 66.6 Å². The predicted octanol–water partition coefficient (Wildman–Crippen LogP) is 4.16. The van der Waals surface area contributed by atoms with Crippen LogP contribution in [0.3, 0.4) is 0 Å². The summed E-state index contributed by atoms with van der Waals surface area (Å²) in [5.74, 6) is 3.28. The van der Waals surface area contributed by atoms with Crippen LogP contribution in [0.5, 0.6) is 0 Å². The van der Waals surface area contributed by atoms with Crippen molar-refractivity contribution in [3.8, 4) is 28.4 Å². The molecule has 3 rings (SSSR count). The summed E-state index contributed by atoms with van der Waals surface area (Å²) in [6.45, 7) is 6.75. The zero-order valence-corrected chi connectivity index (χ0v) is 14.6. The van der Waals surface area contributed by atoms with Crippen LogP contribution in [0.15, 0.2) is 61.1 Å². The molecule has 0 unspecified atom stereocenters. The summed E-state index contributed by atoms with van der Waals surface area (Å²) in [5.41, 5.74) is 7.64. The van der Waals surface area contributed by atoms with Crippen LogP contribution >= 0.6 is 0 Å². The molecule has 0 saturated heterocycles. The summed E-state index contributed by atoms with van der Waals surface area (Å²) in [6, 6.07) is 14.3. The number of aromatic nitrogens is 3. The van der Waals surface area contributed by atoms with Crippen molar-refractivity contribution in [1.29, 1.82) is 0 Å². The molecule has 0 aliphatic rings. The van der Waals surface area contributed by atoms with Gasteiger partial charge in [0.05, 0.1) is 17.6 Å². The van der Waals surface area contributed by atoms with E-state index >= 15 is 0 Å². The third-order valence-corrected chi connectivity index (χ3v) is 4.19. The van der Waals surface area contributed by atoms with Crippen molar-refractivity contribution in [1.82, 2.24) is 14.8 Å². The molecule has 114 valence electrons. The van der Waals surface area contributed by atoms with E-state index in [1.54, 1.807) is 12.4 Å². The van der Waals surface area contributed by atoms with Crippen LogP contribution in [0.1, 0.15) is 5.56 Å². The summed E-state index contributed by atoms with van der Waals surface area (Å²) in [5, 5.41) is 4.42. The van der Waals surface area contributed by atoms with Crippen LogP contribution in [0, 0.1) is 11.5 Å². The standard InChI is InChI=1S/C19H19N3Si/c1-23(2,3)15-11-16-4-6-17(7-5-16)19-10-14-21-22(19)18-8-12-20-13-9-18/h4-10,12-14H,1-3H3. The summed E-state index contributed by atoms with van der Waals surface area (Å²) in [7, 11) is -1.34. The zero-order chi connectivity index (χ0) is 16.3. The fourth-order valence-corrected chi connectivity index (χ4v) is 2.72. The van der Waals surface area contributed by atoms with E-state index in [4.69, 9.17) is 0 Å². The topological polar surface area (TPSA) is 30.7 Å². The second kappa shape index (κ2) is 6.23. The second-order valence-corrected chi connectivity index (χ2v) is 11.2. The number of rotatable bonds is 2. The zero-order valence-electron chi connectivity index (χ0n) is 13.6.